The second kappa shape index (κ2) is 12.1. The van der Waals surface area contributed by atoms with E-state index in [0.29, 0.717) is 22.7 Å². The van der Waals surface area contributed by atoms with Crippen molar-refractivity contribution in [3.8, 4) is 5.75 Å². The first kappa shape index (κ1) is 29.3. The highest BCUT2D eigenvalue weighted by Gasteiger charge is 2.39. The molecule has 204 valence electrons. The molecule has 12 nitrogen and oxygen atoms in total. The van der Waals surface area contributed by atoms with Crippen LogP contribution in [0.25, 0.3) is 10.9 Å². The van der Waals surface area contributed by atoms with Gasteiger partial charge in [0.1, 0.15) is 17.2 Å². The number of fused-ring (bicyclic) bond motifs is 1. The SMILES string of the molecule is CS(=O)(=O)c1ccc(C(=O)C2C(=O)CCCC2=O)c([N+](=O)[O-])c1.O=C(O)COc1ccc(Cl)c2cccnc12. The molecule has 39 heavy (non-hydrogen) atoms. The summed E-state index contributed by atoms with van der Waals surface area (Å²) in [7, 11) is -3.70. The van der Waals surface area contributed by atoms with Crippen LogP contribution in [-0.4, -0.2) is 59.6 Å². The van der Waals surface area contributed by atoms with Crippen LogP contribution < -0.4 is 4.74 Å². The molecule has 1 aromatic heterocycles. The maximum atomic E-state index is 12.4. The number of carbonyl (C=O) groups excluding carboxylic acids is 3. The van der Waals surface area contributed by atoms with Crippen LogP contribution in [-0.2, 0) is 24.2 Å². The lowest BCUT2D eigenvalue weighted by molar-refractivity contribution is -0.385. The number of benzene rings is 2. The Balaban J connectivity index is 0.000000230. The van der Waals surface area contributed by atoms with Gasteiger partial charge in [-0.15, -0.1) is 0 Å². The largest absolute Gasteiger partial charge is 0.480 e. The zero-order valence-electron chi connectivity index (χ0n) is 20.3. The number of ketones is 3. The molecule has 4 rings (SSSR count). The number of nitro groups is 1. The fourth-order valence-corrected chi connectivity index (χ4v) is 4.68. The van der Waals surface area contributed by atoms with Crippen molar-refractivity contribution < 1.29 is 42.4 Å². The summed E-state index contributed by atoms with van der Waals surface area (Å²) in [5.74, 6) is -4.22. The molecule has 0 atom stereocenters. The van der Waals surface area contributed by atoms with Gasteiger partial charge in [0, 0.05) is 36.7 Å². The van der Waals surface area contributed by atoms with Crippen LogP contribution in [0.1, 0.15) is 29.6 Å². The normalized spacial score (nSPS) is 13.9. The van der Waals surface area contributed by atoms with E-state index in [1.165, 1.54) is 0 Å². The standard InChI is InChI=1S/C14H13NO7S.C11H8ClNO3/c1-23(21,22)8-5-6-9(10(7-8)15(19)20)14(18)13-11(16)3-2-4-12(13)17;12-8-3-4-9(16-6-10(14)15)11-7(8)2-1-5-13-11/h5-7,13H,2-4H2,1H3;1-5H,6H2,(H,14,15). The predicted molar refractivity (Wildman–Crippen MR) is 138 cm³/mol. The molecule has 1 aliphatic rings. The monoisotopic (exact) mass is 576 g/mol. The van der Waals surface area contributed by atoms with Crippen molar-refractivity contribution in [2.75, 3.05) is 12.9 Å². The number of rotatable bonds is 7. The quantitative estimate of drug-likeness (QED) is 0.188. The van der Waals surface area contributed by atoms with Crippen LogP contribution in [0.15, 0.2) is 53.6 Å². The highest BCUT2D eigenvalue weighted by Crippen LogP contribution is 2.30. The third kappa shape index (κ3) is 7.00. The van der Waals surface area contributed by atoms with Gasteiger partial charge in [0.15, 0.2) is 33.8 Å². The molecular formula is C25H21ClN2O10S. The number of aliphatic carboxylic acids is 1. The summed E-state index contributed by atoms with van der Waals surface area (Å²) in [6.45, 7) is -0.396. The number of carbonyl (C=O) groups is 4. The van der Waals surface area contributed by atoms with Crippen molar-refractivity contribution >= 4 is 61.3 Å². The van der Waals surface area contributed by atoms with Gasteiger partial charge in [-0.2, -0.15) is 0 Å². The van der Waals surface area contributed by atoms with E-state index < -0.39 is 61.9 Å². The van der Waals surface area contributed by atoms with Crippen LogP contribution in [0.4, 0.5) is 5.69 Å². The number of ether oxygens (including phenoxy) is 1. The van der Waals surface area contributed by atoms with E-state index in [2.05, 4.69) is 4.98 Å². The highest BCUT2D eigenvalue weighted by atomic mass is 35.5. The number of nitrogens with zero attached hydrogens (tertiary/aromatic N) is 2. The Morgan fingerprint density at radius 2 is 1.82 bits per heavy atom. The summed E-state index contributed by atoms with van der Waals surface area (Å²) >= 11 is 5.98. The summed E-state index contributed by atoms with van der Waals surface area (Å²) in [6, 6.07) is 9.62. The molecule has 14 heteroatoms. The van der Waals surface area contributed by atoms with E-state index in [9.17, 15) is 37.7 Å². The lowest BCUT2D eigenvalue weighted by Gasteiger charge is -2.18. The number of hydrogen-bond donors (Lipinski definition) is 1. The number of halogens is 1. The minimum Gasteiger partial charge on any atom is -0.480 e. The fourth-order valence-electron chi connectivity index (χ4n) is 3.82. The number of sulfone groups is 1. The van der Waals surface area contributed by atoms with Gasteiger partial charge in [-0.25, -0.2) is 13.2 Å². The number of carboxylic acids is 1. The lowest BCUT2D eigenvalue weighted by atomic mass is 9.81. The number of nitro benzene ring substituents is 1. The van der Waals surface area contributed by atoms with E-state index >= 15 is 0 Å². The molecule has 1 fully saturated rings. The zero-order chi connectivity index (χ0) is 28.9. The minimum absolute atomic E-state index is 0.0668. The van der Waals surface area contributed by atoms with Crippen molar-refractivity contribution in [3.05, 3.63) is 69.4 Å². The average Bonchev–Trinajstić information content (AvgIpc) is 2.87. The lowest BCUT2D eigenvalue weighted by Crippen LogP contribution is -2.35. The Labute approximate surface area is 226 Å². The Morgan fingerprint density at radius 1 is 1.15 bits per heavy atom. The molecule has 1 aliphatic carbocycles. The molecule has 0 radical (unpaired) electrons. The molecule has 0 bridgehead atoms. The van der Waals surface area contributed by atoms with Crippen LogP contribution in [0.5, 0.6) is 5.75 Å². The highest BCUT2D eigenvalue weighted by molar-refractivity contribution is 7.90. The van der Waals surface area contributed by atoms with E-state index in [4.69, 9.17) is 21.4 Å². The first-order valence-corrected chi connectivity index (χ1v) is 13.5. The second-order valence-corrected chi connectivity index (χ2v) is 10.8. The van der Waals surface area contributed by atoms with Gasteiger partial charge in [-0.3, -0.25) is 29.5 Å². The van der Waals surface area contributed by atoms with E-state index in [0.717, 1.165) is 29.8 Å². The molecule has 0 spiro atoms. The molecule has 0 unspecified atom stereocenters. The van der Waals surface area contributed by atoms with Crippen molar-refractivity contribution in [1.82, 2.24) is 4.98 Å². The third-order valence-electron chi connectivity index (χ3n) is 5.64. The van der Waals surface area contributed by atoms with Crippen molar-refractivity contribution in [1.29, 1.82) is 0 Å². The van der Waals surface area contributed by atoms with Gasteiger partial charge >= 0.3 is 5.97 Å². The number of Topliss-reactive ketones (excluding diaryl/α,β-unsaturated/α-hetero) is 3. The summed E-state index contributed by atoms with van der Waals surface area (Å²) in [5.41, 5.74) is -0.601. The average molecular weight is 577 g/mol. The smallest absolute Gasteiger partial charge is 0.341 e. The van der Waals surface area contributed by atoms with Gasteiger partial charge in [0.25, 0.3) is 5.69 Å². The third-order valence-corrected chi connectivity index (χ3v) is 7.08. The van der Waals surface area contributed by atoms with E-state index in [-0.39, 0.29) is 17.7 Å². The fraction of sp³-hybridized carbons (Fsp3) is 0.240. The Bertz CT molecular complexity index is 1590. The maximum absolute atomic E-state index is 12.4. The topological polar surface area (TPSA) is 188 Å². The van der Waals surface area contributed by atoms with Gasteiger partial charge in [-0.1, -0.05) is 11.6 Å². The van der Waals surface area contributed by atoms with Crippen molar-refractivity contribution in [2.24, 2.45) is 5.92 Å². The molecule has 0 amide bonds. The molecule has 1 heterocycles. The Kier molecular flexibility index (Phi) is 9.09. The molecule has 0 aliphatic heterocycles. The molecule has 0 saturated heterocycles. The number of pyridine rings is 1. The molecule has 3 aromatic rings. The summed E-state index contributed by atoms with van der Waals surface area (Å²) < 4.78 is 28.1. The number of carboxylic acid groups (broad SMARTS) is 1. The molecule has 2 aromatic carbocycles. The van der Waals surface area contributed by atoms with Crippen LogP contribution >= 0.6 is 11.6 Å². The summed E-state index contributed by atoms with van der Waals surface area (Å²) in [6.07, 6.45) is 2.97. The van der Waals surface area contributed by atoms with Crippen molar-refractivity contribution in [3.63, 3.8) is 0 Å². The summed E-state index contributed by atoms with van der Waals surface area (Å²) in [5, 5.41) is 21.0. The van der Waals surface area contributed by atoms with E-state index in [1.54, 1.807) is 30.5 Å². The minimum atomic E-state index is -3.70. The molecule has 1 saturated carbocycles. The van der Waals surface area contributed by atoms with Gasteiger partial charge in [0.05, 0.1) is 20.4 Å². The zero-order valence-corrected chi connectivity index (χ0v) is 21.9. The molecular weight excluding hydrogens is 556 g/mol. The summed E-state index contributed by atoms with van der Waals surface area (Å²) in [4.78, 5) is 60.5. The van der Waals surface area contributed by atoms with Crippen LogP contribution in [0, 0.1) is 16.0 Å². The van der Waals surface area contributed by atoms with Crippen LogP contribution in [0.3, 0.4) is 0 Å². The van der Waals surface area contributed by atoms with E-state index in [1.807, 2.05) is 0 Å². The Hall–Kier alpha value is -4.23. The maximum Gasteiger partial charge on any atom is 0.341 e. The number of hydrogen-bond acceptors (Lipinski definition) is 10. The first-order valence-electron chi connectivity index (χ1n) is 11.3. The predicted octanol–water partition coefficient (Wildman–Crippen LogP) is 3.47. The van der Waals surface area contributed by atoms with Crippen LogP contribution in [0.2, 0.25) is 5.02 Å². The number of aromatic nitrogens is 1. The van der Waals surface area contributed by atoms with Gasteiger partial charge in [0.2, 0.25) is 0 Å². The molecule has 1 N–H and O–H groups in total. The first-order chi connectivity index (χ1) is 18.3. The Morgan fingerprint density at radius 3 is 2.41 bits per heavy atom. The second-order valence-electron chi connectivity index (χ2n) is 8.42. The van der Waals surface area contributed by atoms with Gasteiger partial charge in [-0.05, 0) is 42.8 Å². The van der Waals surface area contributed by atoms with Gasteiger partial charge < -0.3 is 9.84 Å². The van der Waals surface area contributed by atoms with Crippen molar-refractivity contribution in [2.45, 2.75) is 24.2 Å².